The molecule has 35 heavy (non-hydrogen) atoms. The van der Waals surface area contributed by atoms with E-state index in [0.29, 0.717) is 17.0 Å². The van der Waals surface area contributed by atoms with Crippen molar-refractivity contribution in [3.63, 3.8) is 0 Å². The topological polar surface area (TPSA) is 137 Å². The van der Waals surface area contributed by atoms with Gasteiger partial charge in [0.05, 0.1) is 23.5 Å². The normalized spacial score (nSPS) is 17.0. The van der Waals surface area contributed by atoms with Crippen molar-refractivity contribution in [2.75, 3.05) is 7.11 Å². The second-order valence-electron chi connectivity index (χ2n) is 9.71. The highest BCUT2D eigenvalue weighted by Crippen LogP contribution is 2.39. The van der Waals surface area contributed by atoms with Gasteiger partial charge in [-0.3, -0.25) is 14.9 Å². The van der Waals surface area contributed by atoms with E-state index in [1.165, 1.54) is 25.3 Å². The van der Waals surface area contributed by atoms with Crippen molar-refractivity contribution in [3.05, 3.63) is 62.5 Å². The quantitative estimate of drug-likeness (QED) is 0.339. The molecule has 0 saturated heterocycles. The molecule has 1 aromatic rings. The zero-order chi connectivity index (χ0) is 26.7. The van der Waals surface area contributed by atoms with Gasteiger partial charge in [-0.25, -0.2) is 9.59 Å². The third-order valence-electron chi connectivity index (χ3n) is 5.44. The fraction of sp³-hybridized carbons (Fsp3) is 0.480. The lowest BCUT2D eigenvalue weighted by Crippen LogP contribution is -2.49. The van der Waals surface area contributed by atoms with Crippen LogP contribution in [0, 0.1) is 16.0 Å². The fourth-order valence-electron chi connectivity index (χ4n) is 3.91. The number of dihydropyridines is 1. The second-order valence-corrected chi connectivity index (χ2v) is 9.71. The number of carbonyl (C=O) groups excluding carboxylic acids is 3. The Morgan fingerprint density at radius 2 is 1.71 bits per heavy atom. The number of rotatable bonds is 7. The minimum atomic E-state index is -0.963. The molecule has 0 fully saturated rings. The van der Waals surface area contributed by atoms with E-state index in [9.17, 15) is 24.5 Å². The Morgan fingerprint density at radius 1 is 1.11 bits per heavy atom. The molecule has 0 bridgehead atoms. The number of nitro benzene ring substituents is 1. The van der Waals surface area contributed by atoms with E-state index in [1.807, 2.05) is 0 Å². The maximum Gasteiger partial charge on any atom is 0.336 e. The van der Waals surface area contributed by atoms with Gasteiger partial charge in [0.15, 0.2) is 0 Å². The van der Waals surface area contributed by atoms with Crippen LogP contribution in [-0.2, 0) is 23.9 Å². The van der Waals surface area contributed by atoms with Crippen LogP contribution in [0.25, 0.3) is 0 Å². The molecular formula is C25H33N3O7. The van der Waals surface area contributed by atoms with E-state index in [-0.39, 0.29) is 22.8 Å². The summed E-state index contributed by atoms with van der Waals surface area (Å²) < 4.78 is 10.4. The van der Waals surface area contributed by atoms with Crippen molar-refractivity contribution in [3.8, 4) is 0 Å². The third kappa shape index (κ3) is 6.46. The lowest BCUT2D eigenvalue weighted by Gasteiger charge is -2.32. The number of ether oxygens (including phenoxy) is 2. The molecule has 0 aliphatic carbocycles. The molecule has 1 heterocycles. The highest BCUT2D eigenvalue weighted by atomic mass is 16.6. The Kier molecular flexibility index (Phi) is 8.43. The minimum absolute atomic E-state index is 0.141. The van der Waals surface area contributed by atoms with E-state index in [2.05, 4.69) is 10.6 Å². The molecule has 0 radical (unpaired) electrons. The van der Waals surface area contributed by atoms with Gasteiger partial charge in [0.2, 0.25) is 0 Å². The number of hydrogen-bond donors (Lipinski definition) is 2. The SMILES string of the molecule is COC(=O)C1=C(C)NC(C)=C(C(=O)N[C@@H](C(=O)OC(C)(C)C)C(C)C)[C@@H]1c1cccc([N+](=O)[O-])c1. The van der Waals surface area contributed by atoms with Crippen LogP contribution < -0.4 is 10.6 Å². The summed E-state index contributed by atoms with van der Waals surface area (Å²) in [5.74, 6) is -3.13. The molecule has 1 amide bonds. The maximum atomic E-state index is 13.6. The average Bonchev–Trinajstić information content (AvgIpc) is 2.74. The van der Waals surface area contributed by atoms with Crippen molar-refractivity contribution >= 4 is 23.5 Å². The van der Waals surface area contributed by atoms with Crippen LogP contribution >= 0.6 is 0 Å². The first-order valence-electron chi connectivity index (χ1n) is 11.2. The van der Waals surface area contributed by atoms with Gasteiger partial charge in [0.1, 0.15) is 11.6 Å². The maximum absolute atomic E-state index is 13.6. The number of methoxy groups -OCH3 is 1. The van der Waals surface area contributed by atoms with Crippen LogP contribution in [0.1, 0.15) is 59.9 Å². The summed E-state index contributed by atoms with van der Waals surface area (Å²) in [6, 6.07) is 4.78. The van der Waals surface area contributed by atoms with Crippen LogP contribution in [0.4, 0.5) is 5.69 Å². The van der Waals surface area contributed by atoms with Crippen LogP contribution in [0.5, 0.6) is 0 Å². The Hall–Kier alpha value is -3.69. The number of nitro groups is 1. The smallest absolute Gasteiger partial charge is 0.336 e. The highest BCUT2D eigenvalue weighted by molar-refractivity contribution is 6.03. The molecule has 2 N–H and O–H groups in total. The molecule has 0 saturated carbocycles. The third-order valence-corrected chi connectivity index (χ3v) is 5.44. The number of esters is 2. The summed E-state index contributed by atoms with van der Waals surface area (Å²) in [6.07, 6.45) is 0. The first-order chi connectivity index (χ1) is 16.2. The van der Waals surface area contributed by atoms with Gasteiger partial charge >= 0.3 is 11.9 Å². The number of benzene rings is 1. The molecule has 190 valence electrons. The van der Waals surface area contributed by atoms with Gasteiger partial charge in [-0.2, -0.15) is 0 Å². The molecule has 1 aliphatic rings. The molecule has 1 aromatic carbocycles. The van der Waals surface area contributed by atoms with E-state index in [1.54, 1.807) is 54.5 Å². The van der Waals surface area contributed by atoms with Crippen LogP contribution in [-0.4, -0.2) is 41.5 Å². The van der Waals surface area contributed by atoms with E-state index in [4.69, 9.17) is 9.47 Å². The summed E-state index contributed by atoms with van der Waals surface area (Å²) in [6.45, 7) is 12.1. The Balaban J connectivity index is 2.60. The molecule has 0 aromatic heterocycles. The first kappa shape index (κ1) is 27.6. The van der Waals surface area contributed by atoms with E-state index < -0.39 is 40.3 Å². The second kappa shape index (κ2) is 10.7. The lowest BCUT2D eigenvalue weighted by molar-refractivity contribution is -0.384. The molecule has 0 unspecified atom stereocenters. The van der Waals surface area contributed by atoms with Gasteiger partial charge in [0, 0.05) is 29.1 Å². The van der Waals surface area contributed by atoms with Crippen LogP contribution in [0.15, 0.2) is 46.8 Å². The Labute approximate surface area is 204 Å². The molecule has 1 aliphatic heterocycles. The molecule has 10 heteroatoms. The van der Waals surface area contributed by atoms with Crippen molar-refractivity contribution < 1.29 is 28.8 Å². The summed E-state index contributed by atoms with van der Waals surface area (Å²) in [7, 11) is 1.22. The van der Waals surface area contributed by atoms with Crippen LogP contribution in [0.2, 0.25) is 0 Å². The number of carbonyl (C=O) groups is 3. The molecule has 2 atom stereocenters. The number of hydrogen-bond acceptors (Lipinski definition) is 8. The molecule has 2 rings (SSSR count). The van der Waals surface area contributed by atoms with Gasteiger partial charge in [-0.15, -0.1) is 0 Å². The number of amides is 1. The van der Waals surface area contributed by atoms with Gasteiger partial charge in [-0.05, 0) is 46.1 Å². The molecule has 10 nitrogen and oxygen atoms in total. The summed E-state index contributed by atoms with van der Waals surface area (Å²) >= 11 is 0. The standard InChI is InChI=1S/C25H33N3O7/c1-13(2)21(24(31)35-25(5,6)7)27-22(29)18-14(3)26-15(4)19(23(30)34-8)20(18)16-10-9-11-17(12-16)28(32)33/h9-13,20-21,26H,1-8H3,(H,27,29)/t20-,21+/m0/s1. The zero-order valence-electron chi connectivity index (χ0n) is 21.3. The largest absolute Gasteiger partial charge is 0.466 e. The van der Waals surface area contributed by atoms with E-state index in [0.717, 1.165) is 0 Å². The van der Waals surface area contributed by atoms with Crippen molar-refractivity contribution in [2.24, 2.45) is 5.92 Å². The van der Waals surface area contributed by atoms with Crippen molar-refractivity contribution in [1.82, 2.24) is 10.6 Å². The first-order valence-corrected chi connectivity index (χ1v) is 11.2. The zero-order valence-corrected chi connectivity index (χ0v) is 21.3. The number of nitrogens with zero attached hydrogens (tertiary/aromatic N) is 1. The van der Waals surface area contributed by atoms with E-state index >= 15 is 0 Å². The molecule has 0 spiro atoms. The summed E-state index contributed by atoms with van der Waals surface area (Å²) in [4.78, 5) is 50.1. The fourth-order valence-corrected chi connectivity index (χ4v) is 3.91. The Morgan fingerprint density at radius 3 is 2.23 bits per heavy atom. The van der Waals surface area contributed by atoms with Gasteiger partial charge in [0.25, 0.3) is 11.6 Å². The predicted molar refractivity (Wildman–Crippen MR) is 129 cm³/mol. The average molecular weight is 488 g/mol. The number of nitrogens with one attached hydrogen (secondary N) is 2. The predicted octanol–water partition coefficient (Wildman–Crippen LogP) is 3.49. The Bertz CT molecular complexity index is 1100. The molecular weight excluding hydrogens is 454 g/mol. The number of allylic oxidation sites excluding steroid dienone is 2. The van der Waals surface area contributed by atoms with Gasteiger partial charge < -0.3 is 20.1 Å². The van der Waals surface area contributed by atoms with Crippen molar-refractivity contribution in [2.45, 2.75) is 66.0 Å². The summed E-state index contributed by atoms with van der Waals surface area (Å²) in [5.41, 5.74) is 0.607. The number of non-ortho nitro benzene ring substituents is 1. The summed E-state index contributed by atoms with van der Waals surface area (Å²) in [5, 5.41) is 17.2. The minimum Gasteiger partial charge on any atom is -0.466 e. The van der Waals surface area contributed by atoms with Gasteiger partial charge in [-0.1, -0.05) is 26.0 Å². The van der Waals surface area contributed by atoms with Crippen LogP contribution in [0.3, 0.4) is 0 Å². The lowest BCUT2D eigenvalue weighted by atomic mass is 9.79. The van der Waals surface area contributed by atoms with Crippen molar-refractivity contribution in [1.29, 1.82) is 0 Å². The monoisotopic (exact) mass is 487 g/mol. The highest BCUT2D eigenvalue weighted by Gasteiger charge is 2.39.